The second-order valence-electron chi connectivity index (χ2n) is 6.22. The van der Waals surface area contributed by atoms with E-state index in [9.17, 15) is 9.59 Å². The lowest BCUT2D eigenvalue weighted by atomic mass is 10.2. The number of fused-ring (bicyclic) bond motifs is 1. The molecule has 1 aliphatic rings. The molecule has 2 aromatic rings. The van der Waals surface area contributed by atoms with Crippen molar-refractivity contribution in [2.75, 3.05) is 23.5 Å². The van der Waals surface area contributed by atoms with Gasteiger partial charge in [-0.3, -0.25) is 9.59 Å². The number of nitrogens with zero attached hydrogens (tertiary/aromatic N) is 1. The highest BCUT2D eigenvalue weighted by Crippen LogP contribution is 2.31. The van der Waals surface area contributed by atoms with Crippen LogP contribution in [0, 0.1) is 6.92 Å². The molecule has 0 atom stereocenters. The summed E-state index contributed by atoms with van der Waals surface area (Å²) in [5.41, 5.74) is 4.07. The van der Waals surface area contributed by atoms with Crippen LogP contribution in [0.5, 0.6) is 0 Å². The van der Waals surface area contributed by atoms with Gasteiger partial charge in [-0.15, -0.1) is 0 Å². The number of esters is 1. The molecule has 0 aromatic heterocycles. The molecular formula is C21H21N3O3S. The number of carbonyl (C=O) groups is 2. The maximum absolute atomic E-state index is 12.3. The van der Waals surface area contributed by atoms with E-state index in [4.69, 9.17) is 4.74 Å². The summed E-state index contributed by atoms with van der Waals surface area (Å²) in [6.07, 6.45) is 1.88. The van der Waals surface area contributed by atoms with Crippen molar-refractivity contribution in [2.24, 2.45) is 4.99 Å². The number of carbonyl (C=O) groups excluding carboxylic acids is 2. The Hall–Kier alpha value is -3.06. The third-order valence-corrected chi connectivity index (χ3v) is 4.85. The molecule has 1 heterocycles. The van der Waals surface area contributed by atoms with Gasteiger partial charge in [0.2, 0.25) is 5.91 Å². The molecule has 1 aliphatic heterocycles. The summed E-state index contributed by atoms with van der Waals surface area (Å²) in [6.45, 7) is 1.97. The van der Waals surface area contributed by atoms with Crippen molar-refractivity contribution in [3.8, 4) is 0 Å². The highest BCUT2D eigenvalue weighted by molar-refractivity contribution is 8.14. The number of aryl methyl sites for hydroxylation is 1. The van der Waals surface area contributed by atoms with Gasteiger partial charge in [-0.1, -0.05) is 36.0 Å². The summed E-state index contributed by atoms with van der Waals surface area (Å²) in [6, 6.07) is 15.2. The summed E-state index contributed by atoms with van der Waals surface area (Å²) in [4.78, 5) is 28.6. The van der Waals surface area contributed by atoms with Gasteiger partial charge >= 0.3 is 5.97 Å². The maximum atomic E-state index is 12.3. The molecule has 0 unspecified atom stereocenters. The molecule has 28 heavy (non-hydrogen) atoms. The maximum Gasteiger partial charge on any atom is 0.311 e. The van der Waals surface area contributed by atoms with Gasteiger partial charge in [0.05, 0.1) is 35.7 Å². The van der Waals surface area contributed by atoms with E-state index < -0.39 is 0 Å². The van der Waals surface area contributed by atoms with Crippen LogP contribution in [0.4, 0.5) is 17.1 Å². The topological polar surface area (TPSA) is 79.8 Å². The number of amides is 1. The smallest absolute Gasteiger partial charge is 0.311 e. The molecule has 0 radical (unpaired) electrons. The number of hydrogen-bond donors (Lipinski definition) is 2. The van der Waals surface area contributed by atoms with Gasteiger partial charge in [0.15, 0.2) is 0 Å². The molecule has 0 aliphatic carbocycles. The molecule has 7 heteroatoms. The summed E-state index contributed by atoms with van der Waals surface area (Å²) < 4.78 is 4.76. The largest absolute Gasteiger partial charge is 0.469 e. The number of benzene rings is 2. The van der Waals surface area contributed by atoms with Crippen molar-refractivity contribution in [3.63, 3.8) is 0 Å². The minimum Gasteiger partial charge on any atom is -0.469 e. The van der Waals surface area contributed by atoms with E-state index in [1.807, 2.05) is 55.5 Å². The van der Waals surface area contributed by atoms with E-state index in [0.717, 1.165) is 22.6 Å². The lowest BCUT2D eigenvalue weighted by molar-refractivity contribution is -0.139. The highest BCUT2D eigenvalue weighted by Gasteiger charge is 2.15. The number of thioether (sulfide) groups is 1. The summed E-state index contributed by atoms with van der Waals surface area (Å²) in [5.74, 6) is -0.261. The Morgan fingerprint density at radius 1 is 1.18 bits per heavy atom. The molecule has 3 rings (SSSR count). The van der Waals surface area contributed by atoms with Crippen molar-refractivity contribution in [1.82, 2.24) is 0 Å². The van der Waals surface area contributed by atoms with Crippen molar-refractivity contribution < 1.29 is 14.3 Å². The van der Waals surface area contributed by atoms with Gasteiger partial charge in [0, 0.05) is 11.4 Å². The molecule has 0 fully saturated rings. The zero-order chi connectivity index (χ0) is 19.9. The molecule has 144 valence electrons. The molecule has 0 saturated heterocycles. The fraction of sp³-hybridized carbons (Fsp3) is 0.190. The summed E-state index contributed by atoms with van der Waals surface area (Å²) in [5, 5.41) is 6.75. The first-order valence-electron chi connectivity index (χ1n) is 8.75. The minimum absolute atomic E-state index is 0.0971. The number of ether oxygens (including phenoxy) is 1. The molecule has 6 nitrogen and oxygen atoms in total. The number of nitrogens with one attached hydrogen (secondary N) is 2. The van der Waals surface area contributed by atoms with Crippen molar-refractivity contribution in [1.29, 1.82) is 0 Å². The first kappa shape index (κ1) is 19.7. The molecule has 0 saturated carbocycles. The van der Waals surface area contributed by atoms with Crippen molar-refractivity contribution in [3.05, 3.63) is 65.9 Å². The highest BCUT2D eigenvalue weighted by atomic mass is 32.2. The van der Waals surface area contributed by atoms with Crippen LogP contribution in [0.15, 0.2) is 65.3 Å². The lowest BCUT2D eigenvalue weighted by Crippen LogP contribution is -2.15. The Kier molecular flexibility index (Phi) is 6.49. The van der Waals surface area contributed by atoms with Crippen LogP contribution in [0.3, 0.4) is 0 Å². The number of hydrogen-bond acceptors (Lipinski definition) is 6. The van der Waals surface area contributed by atoms with Gasteiger partial charge < -0.3 is 15.4 Å². The second-order valence-corrected chi connectivity index (χ2v) is 7.22. The fourth-order valence-corrected chi connectivity index (χ4v) is 3.38. The van der Waals surface area contributed by atoms with Crippen LogP contribution in [-0.4, -0.2) is 29.8 Å². The molecular weight excluding hydrogens is 374 g/mol. The predicted octanol–water partition coefficient (Wildman–Crippen LogP) is 4.27. The van der Waals surface area contributed by atoms with E-state index in [1.54, 1.807) is 6.08 Å². The van der Waals surface area contributed by atoms with Crippen LogP contribution in [-0.2, 0) is 14.3 Å². The Morgan fingerprint density at radius 3 is 2.79 bits per heavy atom. The standard InChI is InChI=1S/C21H21N3O3S/c1-14-6-5-7-15(10-14)23-19(25)13-28-20-11-16(12-21(26)27-2)22-17-8-3-4-9-18(17)24-20/h3-11,22H,12-13H2,1-2H3,(H,23,25). The van der Waals surface area contributed by atoms with Crippen molar-refractivity contribution >= 4 is 45.7 Å². The quantitative estimate of drug-likeness (QED) is 0.739. The van der Waals surface area contributed by atoms with Crippen LogP contribution in [0.25, 0.3) is 0 Å². The van der Waals surface area contributed by atoms with Crippen molar-refractivity contribution in [2.45, 2.75) is 13.3 Å². The number of para-hydroxylation sites is 2. The predicted molar refractivity (Wildman–Crippen MR) is 114 cm³/mol. The zero-order valence-electron chi connectivity index (χ0n) is 15.7. The minimum atomic E-state index is -0.348. The van der Waals surface area contributed by atoms with Crippen LogP contribution < -0.4 is 10.6 Å². The Morgan fingerprint density at radius 2 is 2.00 bits per heavy atom. The lowest BCUT2D eigenvalue weighted by Gasteiger charge is -2.09. The van der Waals surface area contributed by atoms with Crippen LogP contribution in [0.1, 0.15) is 12.0 Å². The van der Waals surface area contributed by atoms with Crippen LogP contribution >= 0.6 is 11.8 Å². The van der Waals surface area contributed by atoms with Gasteiger partial charge in [-0.25, -0.2) is 4.99 Å². The number of aliphatic imine (C=N–C) groups is 1. The van der Waals surface area contributed by atoms with Gasteiger partial charge in [-0.2, -0.15) is 0 Å². The Balaban J connectivity index is 1.72. The fourth-order valence-electron chi connectivity index (χ4n) is 2.64. The second kappa shape index (κ2) is 9.23. The number of anilines is 2. The van der Waals surface area contributed by atoms with E-state index >= 15 is 0 Å². The van der Waals surface area contributed by atoms with E-state index in [-0.39, 0.29) is 24.1 Å². The molecule has 1 amide bonds. The van der Waals surface area contributed by atoms with Crippen LogP contribution in [0.2, 0.25) is 0 Å². The van der Waals surface area contributed by atoms with E-state index in [0.29, 0.717) is 10.7 Å². The summed E-state index contributed by atoms with van der Waals surface area (Å²) in [7, 11) is 1.35. The Bertz CT molecular complexity index is 953. The molecule has 0 bridgehead atoms. The average molecular weight is 395 g/mol. The number of methoxy groups -OCH3 is 1. The Labute approximate surface area is 168 Å². The third-order valence-electron chi connectivity index (χ3n) is 3.94. The SMILES string of the molecule is COC(=O)CC1=CC(SCC(=O)Nc2cccc(C)c2)=Nc2ccccc2N1. The third kappa shape index (κ3) is 5.47. The zero-order valence-corrected chi connectivity index (χ0v) is 16.5. The molecule has 0 spiro atoms. The van der Waals surface area contributed by atoms with Gasteiger partial charge in [-0.05, 0) is 42.8 Å². The first-order chi connectivity index (χ1) is 13.5. The monoisotopic (exact) mass is 395 g/mol. The number of rotatable bonds is 5. The molecule has 2 aromatic carbocycles. The van der Waals surface area contributed by atoms with E-state index in [1.165, 1.54) is 18.9 Å². The molecule has 2 N–H and O–H groups in total. The van der Waals surface area contributed by atoms with Gasteiger partial charge in [0.25, 0.3) is 0 Å². The summed E-state index contributed by atoms with van der Waals surface area (Å²) >= 11 is 1.31. The van der Waals surface area contributed by atoms with E-state index in [2.05, 4.69) is 15.6 Å². The first-order valence-corrected chi connectivity index (χ1v) is 9.73. The van der Waals surface area contributed by atoms with Gasteiger partial charge in [0.1, 0.15) is 0 Å². The normalized spacial score (nSPS) is 12.6. The average Bonchev–Trinajstić information content (AvgIpc) is 2.84.